The zero-order valence-electron chi connectivity index (χ0n) is 20.7. The molecule has 0 radical (unpaired) electrons. The molecule has 1 saturated carbocycles. The minimum absolute atomic E-state index is 0.00942. The predicted octanol–water partition coefficient (Wildman–Crippen LogP) is 1.60. The molecule has 2 fully saturated rings. The number of hydrogen-bond donors (Lipinski definition) is 4. The van der Waals surface area contributed by atoms with Crippen LogP contribution in [0.25, 0.3) is 21.6 Å². The lowest BCUT2D eigenvalue weighted by atomic mass is 10.0. The molecule has 11 nitrogen and oxygen atoms in total. The number of amides is 1. The number of hydrogen-bond acceptors (Lipinski definition) is 8. The maximum absolute atomic E-state index is 12.9. The Bertz CT molecular complexity index is 1450. The number of alkyl halides is 1. The number of pyridine rings is 1. The van der Waals surface area contributed by atoms with Crippen LogP contribution in [0.15, 0.2) is 18.5 Å². The minimum atomic E-state index is -3.59. The predicted molar refractivity (Wildman–Crippen MR) is 142 cm³/mol. The number of carbonyl (C=O) groups excluding carboxylic acids is 1. The number of nitrogens with one attached hydrogen (secondary N) is 3. The lowest BCUT2D eigenvalue weighted by molar-refractivity contribution is 0.0733. The second-order valence-corrected chi connectivity index (χ2v) is 12.8. The largest absolute Gasteiger partial charge is 0.395 e. The fourth-order valence-corrected chi connectivity index (χ4v) is 8.37. The second-order valence-electron chi connectivity index (χ2n) is 10.1. The van der Waals surface area contributed by atoms with Gasteiger partial charge in [0.25, 0.3) is 16.1 Å². The van der Waals surface area contributed by atoms with Crippen LogP contribution in [0, 0.1) is 11.8 Å². The monoisotopic (exact) mass is 563 g/mol. The summed E-state index contributed by atoms with van der Waals surface area (Å²) in [5, 5.41) is 14.3. The first-order valence-corrected chi connectivity index (χ1v) is 15.1. The summed E-state index contributed by atoms with van der Waals surface area (Å²) in [7, 11) is -3.59. The Hall–Kier alpha value is -2.65. The molecule has 5 heterocycles. The molecule has 3 aromatic rings. The van der Waals surface area contributed by atoms with E-state index in [4.69, 9.17) is 10.1 Å². The number of nitrogens with zero attached hydrogens (tertiary/aromatic N) is 4. The molecule has 1 saturated heterocycles. The average Bonchev–Trinajstić information content (AvgIpc) is 3.67. The van der Waals surface area contributed by atoms with Crippen molar-refractivity contribution in [2.24, 2.45) is 11.8 Å². The summed E-state index contributed by atoms with van der Waals surface area (Å²) in [4.78, 5) is 27.5. The summed E-state index contributed by atoms with van der Waals surface area (Å²) in [6, 6.07) is 2.11. The molecule has 3 atom stereocenters. The molecule has 2 aliphatic heterocycles. The summed E-state index contributed by atoms with van der Waals surface area (Å²) in [6.07, 6.45) is 5.86. The third-order valence-electron chi connectivity index (χ3n) is 7.77. The van der Waals surface area contributed by atoms with Gasteiger partial charge in [0.2, 0.25) is 0 Å². The van der Waals surface area contributed by atoms with Crippen molar-refractivity contribution < 1.29 is 22.7 Å². The number of aliphatic hydroxyl groups excluding tert-OH is 1. The normalized spacial score (nSPS) is 23.8. The zero-order valence-corrected chi connectivity index (χ0v) is 22.3. The molecule has 6 rings (SSSR count). The van der Waals surface area contributed by atoms with Gasteiger partial charge in [-0.05, 0) is 30.7 Å². The first-order valence-electron chi connectivity index (χ1n) is 12.8. The Morgan fingerprint density at radius 3 is 2.79 bits per heavy atom. The molecule has 204 valence electrons. The summed E-state index contributed by atoms with van der Waals surface area (Å²) in [5.41, 5.74) is 3.20. The molecule has 14 heteroatoms. The summed E-state index contributed by atoms with van der Waals surface area (Å²) in [5.74, 6) is 0.322. The number of fused-ring (bicyclic) bond motifs is 3. The van der Waals surface area contributed by atoms with Crippen molar-refractivity contribution in [2.45, 2.75) is 25.3 Å². The Balaban J connectivity index is 1.24. The van der Waals surface area contributed by atoms with Crippen LogP contribution < -0.4 is 10.0 Å². The highest BCUT2D eigenvalue weighted by Gasteiger charge is 2.44. The molecular formula is C24H30FN7O4S2. The Morgan fingerprint density at radius 2 is 2.05 bits per heavy atom. The number of halogens is 1. The van der Waals surface area contributed by atoms with Crippen LogP contribution in [0.3, 0.4) is 0 Å². The maximum atomic E-state index is 12.9. The number of anilines is 1. The number of carbonyl (C=O) groups is 1. The minimum Gasteiger partial charge on any atom is -0.395 e. The topological polar surface area (TPSA) is 144 Å². The fourth-order valence-electron chi connectivity index (χ4n) is 5.97. The highest BCUT2D eigenvalue weighted by molar-refractivity contribution is 7.87. The van der Waals surface area contributed by atoms with Gasteiger partial charge in [0.15, 0.2) is 0 Å². The number of aromatic nitrogens is 3. The van der Waals surface area contributed by atoms with E-state index in [0.717, 1.165) is 40.8 Å². The fraction of sp³-hybridized carbons (Fsp3) is 0.542. The summed E-state index contributed by atoms with van der Waals surface area (Å²) < 4.78 is 41.8. The van der Waals surface area contributed by atoms with Crippen LogP contribution in [0.4, 0.5) is 10.1 Å². The molecule has 0 bridgehead atoms. The first-order chi connectivity index (χ1) is 18.4. The van der Waals surface area contributed by atoms with Crippen molar-refractivity contribution in [1.29, 1.82) is 0 Å². The van der Waals surface area contributed by atoms with Gasteiger partial charge in [-0.3, -0.25) is 4.79 Å². The maximum Gasteiger partial charge on any atom is 0.279 e. The number of H-pyrrole nitrogens is 1. The van der Waals surface area contributed by atoms with Crippen LogP contribution in [0.2, 0.25) is 0 Å². The molecule has 0 aromatic carbocycles. The molecule has 4 N–H and O–H groups in total. The lowest BCUT2D eigenvalue weighted by Gasteiger charge is -2.24. The van der Waals surface area contributed by atoms with Crippen LogP contribution in [0.5, 0.6) is 0 Å². The van der Waals surface area contributed by atoms with E-state index in [1.54, 1.807) is 6.20 Å². The molecule has 0 spiro atoms. The number of rotatable bonds is 9. The molecule has 1 amide bonds. The van der Waals surface area contributed by atoms with Gasteiger partial charge in [0.05, 0.1) is 23.6 Å². The van der Waals surface area contributed by atoms with Crippen molar-refractivity contribution in [3.63, 3.8) is 0 Å². The average molecular weight is 564 g/mol. The third kappa shape index (κ3) is 4.57. The van der Waals surface area contributed by atoms with Gasteiger partial charge in [0, 0.05) is 63.0 Å². The van der Waals surface area contributed by atoms with Gasteiger partial charge < -0.3 is 20.3 Å². The van der Waals surface area contributed by atoms with Crippen molar-refractivity contribution in [3.05, 3.63) is 29.0 Å². The van der Waals surface area contributed by atoms with Crippen LogP contribution in [-0.2, 0) is 16.6 Å². The van der Waals surface area contributed by atoms with E-state index in [1.165, 1.54) is 20.5 Å². The van der Waals surface area contributed by atoms with Gasteiger partial charge in [-0.1, -0.05) is 0 Å². The summed E-state index contributed by atoms with van der Waals surface area (Å²) >= 11 is 1.32. The van der Waals surface area contributed by atoms with E-state index in [2.05, 4.69) is 20.0 Å². The van der Waals surface area contributed by atoms with Gasteiger partial charge >= 0.3 is 0 Å². The number of aliphatic hydroxyl groups is 1. The van der Waals surface area contributed by atoms with E-state index in [-0.39, 0.29) is 43.5 Å². The Kier molecular flexibility index (Phi) is 6.84. The van der Waals surface area contributed by atoms with E-state index in [9.17, 15) is 17.6 Å². The quantitative estimate of drug-likeness (QED) is 0.310. The number of aromatic amines is 1. The van der Waals surface area contributed by atoms with Gasteiger partial charge in [-0.15, -0.1) is 11.3 Å². The Labute approximate surface area is 223 Å². The van der Waals surface area contributed by atoms with Crippen molar-refractivity contribution in [3.8, 4) is 10.6 Å². The summed E-state index contributed by atoms with van der Waals surface area (Å²) in [6.45, 7) is 0.685. The molecule has 3 aromatic heterocycles. The molecule has 1 aliphatic carbocycles. The van der Waals surface area contributed by atoms with Gasteiger partial charge in [-0.2, -0.15) is 17.4 Å². The van der Waals surface area contributed by atoms with Crippen molar-refractivity contribution >= 4 is 44.2 Å². The molecular weight excluding hydrogens is 533 g/mol. The number of thiazole rings is 1. The highest BCUT2D eigenvalue weighted by atomic mass is 32.2. The molecule has 38 heavy (non-hydrogen) atoms. The lowest BCUT2D eigenvalue weighted by Crippen LogP contribution is -2.41. The highest BCUT2D eigenvalue weighted by Crippen LogP contribution is 2.43. The van der Waals surface area contributed by atoms with E-state index < -0.39 is 16.9 Å². The Morgan fingerprint density at radius 1 is 1.26 bits per heavy atom. The van der Waals surface area contributed by atoms with Gasteiger partial charge in [-0.25, -0.2) is 14.4 Å². The third-order valence-corrected chi connectivity index (χ3v) is 10.4. The standard InChI is InChI=1S/C24H30FN7O4S2/c25-3-7-31-6-2-19-21(24(31)34)37-23(30-19)18-11-27-22-17(1-4-26-22)20(18)29-16-9-14-12-32(13-15(14)10-16)38(35,36)28-5-8-33/h1,4,11,14-16,28,33H,2-3,5-10,12-13H2,(H2,26,27,29)/t14-,15+,16?. The van der Waals surface area contributed by atoms with Crippen molar-refractivity contribution in [1.82, 2.24) is 28.9 Å². The van der Waals surface area contributed by atoms with Crippen LogP contribution in [-0.4, -0.2) is 95.6 Å². The van der Waals surface area contributed by atoms with Gasteiger partial charge in [0.1, 0.15) is 22.2 Å². The molecule has 1 unspecified atom stereocenters. The van der Waals surface area contributed by atoms with Crippen LogP contribution >= 0.6 is 11.3 Å². The van der Waals surface area contributed by atoms with E-state index >= 15 is 0 Å². The molecule has 3 aliphatic rings. The van der Waals surface area contributed by atoms with Crippen molar-refractivity contribution in [2.75, 3.05) is 51.3 Å². The van der Waals surface area contributed by atoms with Crippen LogP contribution in [0.1, 0.15) is 28.2 Å². The van der Waals surface area contributed by atoms with E-state index in [0.29, 0.717) is 35.9 Å². The SMILES string of the molecule is O=C1c2sc(-c3cnc4[nH]ccc4c3NC3C[C@@H]4CN(S(=O)(=O)NCCO)C[C@@H]4C3)nc2CCN1CCF. The first kappa shape index (κ1) is 25.6. The second kappa shape index (κ2) is 10.2. The smallest absolute Gasteiger partial charge is 0.279 e. The zero-order chi connectivity index (χ0) is 26.4. The van der Waals surface area contributed by atoms with E-state index in [1.807, 2.05) is 12.3 Å².